The summed E-state index contributed by atoms with van der Waals surface area (Å²) in [6.07, 6.45) is 1.91. The van der Waals surface area contributed by atoms with Gasteiger partial charge < -0.3 is 0 Å². The molecular formula is C8H10ClNS3. The number of halogens is 1. The molecule has 1 unspecified atom stereocenters. The van der Waals surface area contributed by atoms with Crippen LogP contribution in [-0.2, 0) is 5.88 Å². The second-order valence-corrected chi connectivity index (χ2v) is 6.61. The number of thiazole rings is 1. The van der Waals surface area contributed by atoms with Crippen molar-refractivity contribution >= 4 is 46.5 Å². The van der Waals surface area contributed by atoms with E-state index in [4.69, 9.17) is 11.6 Å². The first-order valence-electron chi connectivity index (χ1n) is 4.10. The van der Waals surface area contributed by atoms with Crippen molar-refractivity contribution in [1.29, 1.82) is 0 Å². The van der Waals surface area contributed by atoms with Gasteiger partial charge in [-0.2, -0.15) is 11.8 Å². The SMILES string of the molecule is ClCc1cnc(C2CSCCS2)s1. The highest BCUT2D eigenvalue weighted by Crippen LogP contribution is 2.38. The van der Waals surface area contributed by atoms with E-state index in [9.17, 15) is 0 Å². The smallest absolute Gasteiger partial charge is 0.107 e. The lowest BCUT2D eigenvalue weighted by atomic mass is 10.5. The highest BCUT2D eigenvalue weighted by atomic mass is 35.5. The predicted molar refractivity (Wildman–Crippen MR) is 64.2 cm³/mol. The standard InChI is InChI=1S/C8H10ClNS3/c9-3-6-4-10-8(13-6)7-5-11-1-2-12-7/h4,7H,1-3,5H2. The molecule has 1 aliphatic heterocycles. The lowest BCUT2D eigenvalue weighted by molar-refractivity contribution is 1.06. The Kier molecular flexibility index (Phi) is 3.84. The fraction of sp³-hybridized carbons (Fsp3) is 0.625. The first-order chi connectivity index (χ1) is 6.40. The molecule has 1 aromatic heterocycles. The van der Waals surface area contributed by atoms with E-state index in [2.05, 4.69) is 4.98 Å². The van der Waals surface area contributed by atoms with Crippen molar-refractivity contribution in [2.24, 2.45) is 0 Å². The zero-order chi connectivity index (χ0) is 9.10. The molecule has 1 aromatic rings. The van der Waals surface area contributed by atoms with Gasteiger partial charge in [-0.1, -0.05) is 0 Å². The van der Waals surface area contributed by atoms with Gasteiger partial charge in [-0.25, -0.2) is 4.98 Å². The van der Waals surface area contributed by atoms with Crippen LogP contribution in [0.3, 0.4) is 0 Å². The second kappa shape index (κ2) is 4.91. The topological polar surface area (TPSA) is 12.9 Å². The molecule has 0 radical (unpaired) electrons. The molecule has 0 spiro atoms. The Morgan fingerprint density at radius 3 is 3.08 bits per heavy atom. The van der Waals surface area contributed by atoms with Crippen LogP contribution in [0, 0.1) is 0 Å². The molecule has 0 saturated carbocycles. The van der Waals surface area contributed by atoms with Crippen molar-refractivity contribution in [3.63, 3.8) is 0 Å². The van der Waals surface area contributed by atoms with E-state index >= 15 is 0 Å². The van der Waals surface area contributed by atoms with Crippen LogP contribution in [-0.4, -0.2) is 22.2 Å². The average Bonchev–Trinajstić information content (AvgIpc) is 2.67. The lowest BCUT2D eigenvalue weighted by Gasteiger charge is -2.18. The fourth-order valence-electron chi connectivity index (χ4n) is 1.16. The molecule has 72 valence electrons. The van der Waals surface area contributed by atoms with Gasteiger partial charge in [0, 0.05) is 28.3 Å². The Bertz CT molecular complexity index is 270. The molecule has 0 bridgehead atoms. The molecule has 2 heterocycles. The van der Waals surface area contributed by atoms with E-state index in [0.717, 1.165) is 0 Å². The summed E-state index contributed by atoms with van der Waals surface area (Å²) in [4.78, 5) is 5.60. The summed E-state index contributed by atoms with van der Waals surface area (Å²) in [5, 5.41) is 1.87. The van der Waals surface area contributed by atoms with E-state index in [1.165, 1.54) is 27.1 Å². The summed E-state index contributed by atoms with van der Waals surface area (Å²) < 4.78 is 0. The van der Waals surface area contributed by atoms with E-state index in [-0.39, 0.29) is 0 Å². The number of thioether (sulfide) groups is 2. The molecule has 1 nitrogen and oxygen atoms in total. The van der Waals surface area contributed by atoms with Crippen LogP contribution >= 0.6 is 46.5 Å². The summed E-state index contributed by atoms with van der Waals surface area (Å²) in [5.41, 5.74) is 0. The zero-order valence-electron chi connectivity index (χ0n) is 7.03. The molecule has 1 atom stereocenters. The Balaban J connectivity index is 2.05. The van der Waals surface area contributed by atoms with Gasteiger partial charge in [-0.05, 0) is 0 Å². The number of hydrogen-bond acceptors (Lipinski definition) is 4. The van der Waals surface area contributed by atoms with Crippen molar-refractivity contribution in [2.75, 3.05) is 17.3 Å². The van der Waals surface area contributed by atoms with Gasteiger partial charge in [0.05, 0.1) is 11.1 Å². The van der Waals surface area contributed by atoms with Crippen LogP contribution in [0.25, 0.3) is 0 Å². The van der Waals surface area contributed by atoms with Gasteiger partial charge in [0.1, 0.15) is 5.01 Å². The van der Waals surface area contributed by atoms with Crippen molar-refractivity contribution in [3.8, 4) is 0 Å². The van der Waals surface area contributed by atoms with Crippen LogP contribution in [0.15, 0.2) is 6.20 Å². The predicted octanol–water partition coefficient (Wildman–Crippen LogP) is 3.40. The maximum Gasteiger partial charge on any atom is 0.107 e. The minimum absolute atomic E-state index is 0.599. The van der Waals surface area contributed by atoms with Crippen LogP contribution < -0.4 is 0 Å². The Hall–Kier alpha value is 0.620. The third-order valence-corrected chi connectivity index (χ3v) is 6.26. The van der Waals surface area contributed by atoms with Gasteiger partial charge >= 0.3 is 0 Å². The molecule has 1 aliphatic rings. The van der Waals surface area contributed by atoms with Crippen molar-refractivity contribution < 1.29 is 0 Å². The highest BCUT2D eigenvalue weighted by molar-refractivity contribution is 8.06. The molecule has 0 aliphatic carbocycles. The summed E-state index contributed by atoms with van der Waals surface area (Å²) in [6, 6.07) is 0. The molecule has 1 saturated heterocycles. The number of nitrogens with zero attached hydrogens (tertiary/aromatic N) is 1. The van der Waals surface area contributed by atoms with Crippen LogP contribution in [0.4, 0.5) is 0 Å². The third kappa shape index (κ3) is 2.55. The minimum Gasteiger partial charge on any atom is -0.248 e. The monoisotopic (exact) mass is 251 g/mol. The molecule has 0 N–H and O–H groups in total. The van der Waals surface area contributed by atoms with E-state index in [0.29, 0.717) is 11.1 Å². The summed E-state index contributed by atoms with van der Waals surface area (Å²) in [5.74, 6) is 4.35. The molecule has 5 heteroatoms. The Morgan fingerprint density at radius 1 is 1.54 bits per heavy atom. The number of hydrogen-bond donors (Lipinski definition) is 0. The average molecular weight is 252 g/mol. The Labute approximate surface area is 95.7 Å². The van der Waals surface area contributed by atoms with Crippen LogP contribution in [0.2, 0.25) is 0 Å². The Morgan fingerprint density at radius 2 is 2.46 bits per heavy atom. The van der Waals surface area contributed by atoms with Crippen molar-refractivity contribution in [3.05, 3.63) is 16.1 Å². The minimum atomic E-state index is 0.599. The van der Waals surface area contributed by atoms with Crippen molar-refractivity contribution in [1.82, 2.24) is 4.98 Å². The second-order valence-electron chi connectivity index (χ2n) is 2.73. The first kappa shape index (κ1) is 10.1. The maximum atomic E-state index is 5.74. The van der Waals surface area contributed by atoms with Gasteiger partial charge in [0.25, 0.3) is 0 Å². The van der Waals surface area contributed by atoms with Gasteiger partial charge in [0.2, 0.25) is 0 Å². The quantitative estimate of drug-likeness (QED) is 0.748. The molecule has 0 aromatic carbocycles. The largest absolute Gasteiger partial charge is 0.248 e. The highest BCUT2D eigenvalue weighted by Gasteiger charge is 2.19. The third-order valence-electron chi connectivity index (χ3n) is 1.79. The molecular weight excluding hydrogens is 242 g/mol. The lowest BCUT2D eigenvalue weighted by Crippen LogP contribution is -2.05. The summed E-state index contributed by atoms with van der Waals surface area (Å²) >= 11 is 11.6. The van der Waals surface area contributed by atoms with Crippen LogP contribution in [0.5, 0.6) is 0 Å². The zero-order valence-corrected chi connectivity index (χ0v) is 10.2. The number of aromatic nitrogens is 1. The normalized spacial score (nSPS) is 23.3. The maximum absolute atomic E-state index is 5.74. The first-order valence-corrected chi connectivity index (χ1v) is 7.65. The summed E-state index contributed by atoms with van der Waals surface area (Å²) in [7, 11) is 0. The van der Waals surface area contributed by atoms with Crippen molar-refractivity contribution in [2.45, 2.75) is 11.1 Å². The molecule has 13 heavy (non-hydrogen) atoms. The summed E-state index contributed by atoms with van der Waals surface area (Å²) in [6.45, 7) is 0. The van der Waals surface area contributed by atoms with E-state index in [1.54, 1.807) is 11.3 Å². The van der Waals surface area contributed by atoms with E-state index < -0.39 is 0 Å². The number of rotatable bonds is 2. The van der Waals surface area contributed by atoms with E-state index in [1.807, 2.05) is 29.7 Å². The van der Waals surface area contributed by atoms with Gasteiger partial charge in [0.15, 0.2) is 0 Å². The van der Waals surface area contributed by atoms with Gasteiger partial charge in [-0.3, -0.25) is 0 Å². The molecule has 2 rings (SSSR count). The number of alkyl halides is 1. The molecule has 0 amide bonds. The van der Waals surface area contributed by atoms with Gasteiger partial charge in [-0.15, -0.1) is 34.7 Å². The van der Waals surface area contributed by atoms with Crippen LogP contribution in [0.1, 0.15) is 15.1 Å². The fourth-order valence-corrected chi connectivity index (χ4v) is 5.16. The molecule has 1 fully saturated rings.